The molecule has 1 atom stereocenters. The lowest BCUT2D eigenvalue weighted by Crippen LogP contribution is -2.45. The molecule has 0 saturated carbocycles. The van der Waals surface area contributed by atoms with Gasteiger partial charge in [-0.25, -0.2) is 23.4 Å². The van der Waals surface area contributed by atoms with E-state index < -0.39 is 46.0 Å². The predicted octanol–water partition coefficient (Wildman–Crippen LogP) is 4.14. The molecule has 0 radical (unpaired) electrons. The van der Waals surface area contributed by atoms with Crippen LogP contribution in [-0.4, -0.2) is 90.6 Å². The molecule has 5 rings (SSSR count). The van der Waals surface area contributed by atoms with Gasteiger partial charge in [-0.1, -0.05) is 25.1 Å². The van der Waals surface area contributed by atoms with Gasteiger partial charge in [-0.05, 0) is 55.9 Å². The molecule has 2 aromatic heterocycles. The Labute approximate surface area is 305 Å². The highest BCUT2D eigenvalue weighted by molar-refractivity contribution is 7.89. The molecule has 2 aliphatic heterocycles. The number of Topliss-reactive ketones (excluding diaryl/α,β-unsaturated/α-hetero) is 2. The second kappa shape index (κ2) is 17.2. The van der Waals surface area contributed by atoms with E-state index in [4.69, 9.17) is 4.98 Å². The standard InChI is InChI=1S/C29H34N8O4S.C4F6O2/c1-2-22-27(32-17-24(29(38)39)36-42(40,41)25-8-4-3-6-21(25)16-30)33-18-34-28(22)37-14-11-19(12-15-37)23-10-9-20-7-5-13-31-26(20)35-23;5-3(6,7)1(11)2(12)4(8,9)10/h3-4,6,8-10,18-19,24,36H,2,5,7,11-15,17H2,1H3,(H,31,35)(H,38,39)(H,32,33,34);/t24-;/m0./s1. The summed E-state index contributed by atoms with van der Waals surface area (Å²) in [6.45, 7) is 4.25. The molecule has 54 heavy (non-hydrogen) atoms. The van der Waals surface area contributed by atoms with Crippen molar-refractivity contribution in [3.8, 4) is 6.07 Å². The van der Waals surface area contributed by atoms with Crippen molar-refractivity contribution in [3.63, 3.8) is 0 Å². The topological polar surface area (TPSA) is 207 Å². The first-order valence-corrected chi connectivity index (χ1v) is 17.9. The van der Waals surface area contributed by atoms with Crippen LogP contribution in [-0.2, 0) is 37.2 Å². The second-order valence-corrected chi connectivity index (χ2v) is 13.8. The fourth-order valence-electron chi connectivity index (χ4n) is 5.79. The number of benzene rings is 1. The van der Waals surface area contributed by atoms with Gasteiger partial charge in [0.05, 0.1) is 10.5 Å². The normalized spacial score (nSPS) is 15.4. The Morgan fingerprint density at radius 2 is 1.69 bits per heavy atom. The Morgan fingerprint density at radius 1 is 1.04 bits per heavy atom. The summed E-state index contributed by atoms with van der Waals surface area (Å²) < 4.78 is 95.0. The summed E-state index contributed by atoms with van der Waals surface area (Å²) in [5, 5.41) is 25.5. The summed E-state index contributed by atoms with van der Waals surface area (Å²) in [5.41, 5.74) is 3.15. The van der Waals surface area contributed by atoms with Crippen LogP contribution in [0.25, 0.3) is 0 Å². The van der Waals surface area contributed by atoms with E-state index in [1.807, 2.05) is 13.0 Å². The number of alkyl halides is 6. The lowest BCUT2D eigenvalue weighted by molar-refractivity contribution is -0.193. The highest BCUT2D eigenvalue weighted by Gasteiger charge is 2.54. The van der Waals surface area contributed by atoms with Gasteiger partial charge in [-0.15, -0.1) is 0 Å². The lowest BCUT2D eigenvalue weighted by Gasteiger charge is -2.34. The molecule has 4 N–H and O–H groups in total. The minimum Gasteiger partial charge on any atom is -0.480 e. The SMILES string of the molecule is CCc1c(NC[C@H](NS(=O)(=O)c2ccccc2C#N)C(=O)O)ncnc1N1CCC(c2ccc3c(n2)NCCC3)CC1.O=C(C(=O)C(F)(F)F)C(F)(F)F. The van der Waals surface area contributed by atoms with Gasteiger partial charge in [-0.3, -0.25) is 14.4 Å². The van der Waals surface area contributed by atoms with Gasteiger partial charge in [0, 0.05) is 43.4 Å². The van der Waals surface area contributed by atoms with E-state index in [-0.39, 0.29) is 17.0 Å². The van der Waals surface area contributed by atoms with Gasteiger partial charge in [0.1, 0.15) is 35.9 Å². The number of carbonyl (C=O) groups excluding carboxylic acids is 2. The largest absolute Gasteiger partial charge is 0.480 e. The molecule has 21 heteroatoms. The first-order chi connectivity index (χ1) is 25.4. The third-order valence-electron chi connectivity index (χ3n) is 8.49. The van der Waals surface area contributed by atoms with E-state index in [9.17, 15) is 59.5 Å². The fourth-order valence-corrected chi connectivity index (χ4v) is 7.14. The zero-order valence-electron chi connectivity index (χ0n) is 28.5. The summed E-state index contributed by atoms with van der Waals surface area (Å²) in [6, 6.07) is 10.3. The number of nitrogens with one attached hydrogen (secondary N) is 3. The van der Waals surface area contributed by atoms with Crippen LogP contribution in [0.1, 0.15) is 54.5 Å². The maximum atomic E-state index is 12.9. The summed E-state index contributed by atoms with van der Waals surface area (Å²) in [4.78, 5) is 47.0. The van der Waals surface area contributed by atoms with Crippen LogP contribution >= 0.6 is 0 Å². The fraction of sp³-hybridized carbons (Fsp3) is 0.424. The number of hydrogen-bond acceptors (Lipinski definition) is 12. The van der Waals surface area contributed by atoms with Gasteiger partial charge >= 0.3 is 29.9 Å². The number of carboxylic acids is 1. The summed E-state index contributed by atoms with van der Waals surface area (Å²) >= 11 is 0. The van der Waals surface area contributed by atoms with Crippen LogP contribution in [0.15, 0.2) is 47.6 Å². The van der Waals surface area contributed by atoms with Crippen LogP contribution in [0, 0.1) is 11.3 Å². The number of aryl methyl sites for hydroxylation is 1. The zero-order chi connectivity index (χ0) is 39.8. The number of carbonyl (C=O) groups is 3. The van der Waals surface area contributed by atoms with Crippen molar-refractivity contribution in [2.75, 3.05) is 41.7 Å². The van der Waals surface area contributed by atoms with Crippen LogP contribution in [0.5, 0.6) is 0 Å². The van der Waals surface area contributed by atoms with Crippen molar-refractivity contribution in [1.82, 2.24) is 19.7 Å². The smallest absolute Gasteiger partial charge is 0.458 e. The summed E-state index contributed by atoms with van der Waals surface area (Å²) in [5.74, 6) is -5.57. The van der Waals surface area contributed by atoms with Crippen molar-refractivity contribution in [2.45, 2.75) is 68.2 Å². The highest BCUT2D eigenvalue weighted by atomic mass is 32.2. The van der Waals surface area contributed by atoms with Crippen LogP contribution in [0.4, 0.5) is 43.8 Å². The molecule has 1 fully saturated rings. The molecule has 0 bridgehead atoms. The number of rotatable bonds is 11. The van der Waals surface area contributed by atoms with Crippen LogP contribution < -0.4 is 20.3 Å². The van der Waals surface area contributed by atoms with E-state index in [2.05, 4.69) is 42.4 Å². The number of aliphatic carboxylic acids is 1. The summed E-state index contributed by atoms with van der Waals surface area (Å²) in [7, 11) is -4.27. The molecule has 0 amide bonds. The van der Waals surface area contributed by atoms with Crippen LogP contribution in [0.3, 0.4) is 0 Å². The van der Waals surface area contributed by atoms with Crippen molar-refractivity contribution in [2.24, 2.45) is 0 Å². The number of halogens is 6. The minimum atomic E-state index is -5.77. The average Bonchev–Trinajstić information content (AvgIpc) is 3.14. The van der Waals surface area contributed by atoms with Crippen molar-refractivity contribution in [1.29, 1.82) is 5.26 Å². The number of piperidine rings is 1. The monoisotopic (exact) mass is 784 g/mol. The molecule has 3 aromatic rings. The van der Waals surface area contributed by atoms with Crippen molar-refractivity contribution in [3.05, 3.63) is 65.1 Å². The Hall–Kier alpha value is -5.36. The Bertz CT molecular complexity index is 1990. The molecular weight excluding hydrogens is 750 g/mol. The number of nitriles is 1. The Kier molecular flexibility index (Phi) is 13.2. The first kappa shape index (κ1) is 41.4. The van der Waals surface area contributed by atoms with E-state index >= 15 is 0 Å². The van der Waals surface area contributed by atoms with E-state index in [1.165, 1.54) is 36.2 Å². The van der Waals surface area contributed by atoms with E-state index in [0.29, 0.717) is 18.2 Å². The maximum absolute atomic E-state index is 12.9. The van der Waals surface area contributed by atoms with Gasteiger partial charge in [0.25, 0.3) is 0 Å². The van der Waals surface area contributed by atoms with E-state index in [1.54, 1.807) is 0 Å². The average molecular weight is 785 g/mol. The van der Waals surface area contributed by atoms with Gasteiger partial charge in [0.15, 0.2) is 0 Å². The van der Waals surface area contributed by atoms with Gasteiger partial charge in [0.2, 0.25) is 10.0 Å². The number of fused-ring (bicyclic) bond motifs is 1. The first-order valence-electron chi connectivity index (χ1n) is 16.4. The lowest BCUT2D eigenvalue weighted by atomic mass is 9.92. The third-order valence-corrected chi connectivity index (χ3v) is 10.0. The molecule has 0 spiro atoms. The zero-order valence-corrected chi connectivity index (χ0v) is 29.3. The maximum Gasteiger partial charge on any atom is 0.458 e. The molecule has 1 saturated heterocycles. The number of ketones is 2. The molecule has 0 unspecified atom stereocenters. The van der Waals surface area contributed by atoms with E-state index in [0.717, 1.165) is 68.2 Å². The molecule has 2 aliphatic rings. The number of pyridine rings is 1. The number of aromatic nitrogens is 3. The van der Waals surface area contributed by atoms with Gasteiger partial charge < -0.3 is 20.6 Å². The number of sulfonamides is 1. The molecule has 1 aromatic carbocycles. The van der Waals surface area contributed by atoms with Crippen molar-refractivity contribution >= 4 is 45.0 Å². The minimum absolute atomic E-state index is 0.0707. The van der Waals surface area contributed by atoms with Crippen molar-refractivity contribution < 1.29 is 54.3 Å². The highest BCUT2D eigenvalue weighted by Crippen LogP contribution is 2.33. The van der Waals surface area contributed by atoms with Gasteiger partial charge in [-0.2, -0.15) is 36.3 Å². The summed E-state index contributed by atoms with van der Waals surface area (Å²) in [6.07, 6.45) is -5.47. The Balaban J connectivity index is 0.000000467. The number of nitrogens with zero attached hydrogens (tertiary/aromatic N) is 5. The van der Waals surface area contributed by atoms with Crippen LogP contribution in [0.2, 0.25) is 0 Å². The molecular formula is C33H34F6N8O6S. The quantitative estimate of drug-likeness (QED) is 0.160. The second-order valence-electron chi connectivity index (χ2n) is 12.1. The number of carboxylic acid groups (broad SMARTS) is 1. The Morgan fingerprint density at radius 3 is 2.28 bits per heavy atom. The number of anilines is 3. The molecule has 0 aliphatic carbocycles. The molecule has 290 valence electrons. The molecule has 4 heterocycles. The number of hydrogen-bond donors (Lipinski definition) is 4. The predicted molar refractivity (Wildman–Crippen MR) is 180 cm³/mol. The molecule has 14 nitrogen and oxygen atoms in total. The third kappa shape index (κ3) is 10.2.